The molecule has 1 N–H and O–H groups in total. The van der Waals surface area contributed by atoms with Gasteiger partial charge in [-0.25, -0.2) is 4.98 Å². The van der Waals surface area contributed by atoms with Crippen LogP contribution in [0.5, 0.6) is 5.75 Å². The minimum atomic E-state index is -0.265. The Morgan fingerprint density at radius 3 is 2.86 bits per heavy atom. The molecule has 146 valence electrons. The van der Waals surface area contributed by atoms with Gasteiger partial charge in [-0.3, -0.25) is 9.48 Å². The van der Waals surface area contributed by atoms with Crippen LogP contribution in [-0.4, -0.2) is 20.7 Å². The van der Waals surface area contributed by atoms with E-state index in [1.165, 1.54) is 0 Å². The van der Waals surface area contributed by atoms with E-state index in [-0.39, 0.29) is 5.91 Å². The predicted molar refractivity (Wildman–Crippen MR) is 110 cm³/mol. The SMILES string of the molecule is Cc1c(C(=O)Nc2ncccc2OCc2cccc(Cl)c2)cnn1CC(C)C. The molecule has 0 radical (unpaired) electrons. The van der Waals surface area contributed by atoms with Crippen LogP contribution in [0.3, 0.4) is 0 Å². The number of hydrogen-bond donors (Lipinski definition) is 1. The number of ether oxygens (including phenoxy) is 1. The molecule has 0 aliphatic carbocycles. The summed E-state index contributed by atoms with van der Waals surface area (Å²) in [5.41, 5.74) is 2.27. The molecule has 1 amide bonds. The quantitative estimate of drug-likeness (QED) is 0.624. The Kier molecular flexibility index (Phi) is 6.31. The molecule has 0 saturated heterocycles. The Balaban J connectivity index is 1.72. The molecule has 0 saturated carbocycles. The monoisotopic (exact) mass is 398 g/mol. The third-order valence-corrected chi connectivity index (χ3v) is 4.41. The van der Waals surface area contributed by atoms with Gasteiger partial charge in [0.25, 0.3) is 5.91 Å². The third kappa shape index (κ3) is 4.89. The summed E-state index contributed by atoms with van der Waals surface area (Å²) in [5, 5.41) is 7.79. The van der Waals surface area contributed by atoms with E-state index < -0.39 is 0 Å². The van der Waals surface area contributed by atoms with E-state index in [0.717, 1.165) is 17.8 Å². The van der Waals surface area contributed by atoms with Crippen LogP contribution in [0.1, 0.15) is 35.5 Å². The predicted octanol–water partition coefficient (Wildman–Crippen LogP) is 4.73. The topological polar surface area (TPSA) is 69.0 Å². The number of aromatic nitrogens is 3. The van der Waals surface area contributed by atoms with Gasteiger partial charge in [-0.1, -0.05) is 37.6 Å². The standard InChI is InChI=1S/C21H23ClN4O2/c1-14(2)12-26-15(3)18(11-24-26)21(27)25-20-19(8-5-9-23-20)28-13-16-6-4-7-17(22)10-16/h4-11,14H,12-13H2,1-3H3,(H,23,25,27). The summed E-state index contributed by atoms with van der Waals surface area (Å²) in [7, 11) is 0. The number of halogens is 1. The van der Waals surface area contributed by atoms with Gasteiger partial charge in [0.2, 0.25) is 0 Å². The second kappa shape index (κ2) is 8.89. The van der Waals surface area contributed by atoms with Gasteiger partial charge in [0.15, 0.2) is 11.6 Å². The van der Waals surface area contributed by atoms with E-state index in [9.17, 15) is 4.79 Å². The molecule has 0 aliphatic heterocycles. The molecule has 2 heterocycles. The fourth-order valence-corrected chi connectivity index (χ4v) is 2.98. The number of benzene rings is 1. The molecule has 28 heavy (non-hydrogen) atoms. The van der Waals surface area contributed by atoms with Gasteiger partial charge in [-0.2, -0.15) is 5.10 Å². The average molecular weight is 399 g/mol. The first-order chi connectivity index (χ1) is 13.4. The summed E-state index contributed by atoms with van der Waals surface area (Å²) in [4.78, 5) is 17.0. The van der Waals surface area contributed by atoms with Gasteiger partial charge in [0, 0.05) is 23.5 Å². The van der Waals surface area contributed by atoms with Crippen molar-refractivity contribution in [2.45, 2.75) is 33.9 Å². The van der Waals surface area contributed by atoms with E-state index in [0.29, 0.717) is 34.7 Å². The molecule has 3 rings (SSSR count). The summed E-state index contributed by atoms with van der Waals surface area (Å²) in [6, 6.07) is 11.0. The molecule has 3 aromatic rings. The van der Waals surface area contributed by atoms with Crippen LogP contribution in [-0.2, 0) is 13.2 Å². The number of carbonyl (C=O) groups is 1. The molecule has 6 nitrogen and oxygen atoms in total. The Morgan fingerprint density at radius 2 is 2.11 bits per heavy atom. The zero-order chi connectivity index (χ0) is 20.1. The van der Waals surface area contributed by atoms with Crippen LogP contribution in [0.4, 0.5) is 5.82 Å². The van der Waals surface area contributed by atoms with E-state index in [2.05, 4.69) is 29.2 Å². The van der Waals surface area contributed by atoms with Crippen molar-refractivity contribution in [3.8, 4) is 5.75 Å². The van der Waals surface area contributed by atoms with E-state index >= 15 is 0 Å². The first-order valence-corrected chi connectivity index (χ1v) is 9.48. The van der Waals surface area contributed by atoms with Crippen molar-refractivity contribution in [1.29, 1.82) is 0 Å². The summed E-state index contributed by atoms with van der Waals surface area (Å²) >= 11 is 6.01. The summed E-state index contributed by atoms with van der Waals surface area (Å²) in [6.07, 6.45) is 3.19. The molecule has 0 bridgehead atoms. The van der Waals surface area contributed by atoms with Crippen molar-refractivity contribution in [3.63, 3.8) is 0 Å². The Hall–Kier alpha value is -2.86. The number of nitrogens with one attached hydrogen (secondary N) is 1. The van der Waals surface area contributed by atoms with Crippen LogP contribution >= 0.6 is 11.6 Å². The number of rotatable bonds is 7. The highest BCUT2D eigenvalue weighted by molar-refractivity contribution is 6.30. The zero-order valence-corrected chi connectivity index (χ0v) is 16.9. The minimum absolute atomic E-state index is 0.265. The van der Waals surface area contributed by atoms with Gasteiger partial charge in [0.05, 0.1) is 11.8 Å². The second-order valence-electron chi connectivity index (χ2n) is 6.94. The van der Waals surface area contributed by atoms with Gasteiger partial charge < -0.3 is 10.1 Å². The van der Waals surface area contributed by atoms with Crippen LogP contribution in [0.15, 0.2) is 48.8 Å². The molecule has 0 fully saturated rings. The van der Waals surface area contributed by atoms with E-state index in [1.54, 1.807) is 24.5 Å². The van der Waals surface area contributed by atoms with Crippen LogP contribution in [0, 0.1) is 12.8 Å². The molecule has 0 aliphatic rings. The van der Waals surface area contributed by atoms with Gasteiger partial charge in [0.1, 0.15) is 6.61 Å². The third-order valence-electron chi connectivity index (χ3n) is 4.17. The number of nitrogens with zero attached hydrogens (tertiary/aromatic N) is 3. The first-order valence-electron chi connectivity index (χ1n) is 9.10. The van der Waals surface area contributed by atoms with Crippen LogP contribution in [0.2, 0.25) is 5.02 Å². The molecular formula is C21H23ClN4O2. The molecular weight excluding hydrogens is 376 g/mol. The lowest BCUT2D eigenvalue weighted by molar-refractivity contribution is 0.102. The highest BCUT2D eigenvalue weighted by Crippen LogP contribution is 2.24. The van der Waals surface area contributed by atoms with Crippen molar-refractivity contribution in [1.82, 2.24) is 14.8 Å². The minimum Gasteiger partial charge on any atom is -0.485 e. The van der Waals surface area contributed by atoms with E-state index in [4.69, 9.17) is 16.3 Å². The molecule has 2 aromatic heterocycles. The number of amides is 1. The summed E-state index contributed by atoms with van der Waals surface area (Å²) in [5.74, 6) is 1.03. The zero-order valence-electron chi connectivity index (χ0n) is 16.1. The highest BCUT2D eigenvalue weighted by atomic mass is 35.5. The lowest BCUT2D eigenvalue weighted by Gasteiger charge is -2.12. The molecule has 7 heteroatoms. The number of hydrogen-bond acceptors (Lipinski definition) is 4. The lowest BCUT2D eigenvalue weighted by Crippen LogP contribution is -2.16. The molecule has 0 unspecified atom stereocenters. The normalized spacial score (nSPS) is 10.9. The number of anilines is 1. The maximum atomic E-state index is 12.7. The lowest BCUT2D eigenvalue weighted by atomic mass is 10.2. The van der Waals surface area contributed by atoms with Gasteiger partial charge >= 0.3 is 0 Å². The van der Waals surface area contributed by atoms with Crippen molar-refractivity contribution >= 4 is 23.3 Å². The van der Waals surface area contributed by atoms with Gasteiger partial charge in [-0.05, 0) is 42.7 Å². The van der Waals surface area contributed by atoms with Crippen molar-refractivity contribution in [2.24, 2.45) is 5.92 Å². The largest absolute Gasteiger partial charge is 0.485 e. The molecule has 1 aromatic carbocycles. The van der Waals surface area contributed by atoms with Crippen LogP contribution in [0.25, 0.3) is 0 Å². The fraction of sp³-hybridized carbons (Fsp3) is 0.286. The number of carbonyl (C=O) groups excluding carboxylic acids is 1. The molecule has 0 atom stereocenters. The highest BCUT2D eigenvalue weighted by Gasteiger charge is 2.17. The Morgan fingerprint density at radius 1 is 1.29 bits per heavy atom. The Bertz CT molecular complexity index is 969. The van der Waals surface area contributed by atoms with Crippen molar-refractivity contribution < 1.29 is 9.53 Å². The van der Waals surface area contributed by atoms with Gasteiger partial charge in [-0.15, -0.1) is 0 Å². The average Bonchev–Trinajstić information content (AvgIpc) is 3.01. The number of pyridine rings is 1. The fourth-order valence-electron chi connectivity index (χ4n) is 2.76. The smallest absolute Gasteiger partial charge is 0.260 e. The summed E-state index contributed by atoms with van der Waals surface area (Å²) < 4.78 is 7.69. The van der Waals surface area contributed by atoms with Crippen molar-refractivity contribution in [2.75, 3.05) is 5.32 Å². The Labute approximate surface area is 169 Å². The van der Waals surface area contributed by atoms with E-state index in [1.807, 2.05) is 35.9 Å². The maximum Gasteiger partial charge on any atom is 0.260 e. The maximum absolute atomic E-state index is 12.7. The summed E-state index contributed by atoms with van der Waals surface area (Å²) in [6.45, 7) is 7.19. The van der Waals surface area contributed by atoms with Crippen molar-refractivity contribution in [3.05, 3.63) is 70.6 Å². The molecule has 0 spiro atoms. The first kappa shape index (κ1) is 19.9. The second-order valence-corrected chi connectivity index (χ2v) is 7.38. The van der Waals surface area contributed by atoms with Crippen LogP contribution < -0.4 is 10.1 Å².